The van der Waals surface area contributed by atoms with Gasteiger partial charge in [0.25, 0.3) is 0 Å². The van der Waals surface area contributed by atoms with Gasteiger partial charge < -0.3 is 0 Å². The first kappa shape index (κ1) is 24.5. The van der Waals surface area contributed by atoms with Crippen molar-refractivity contribution in [1.29, 1.82) is 0 Å². The summed E-state index contributed by atoms with van der Waals surface area (Å²) in [6.07, 6.45) is 11.4. The van der Waals surface area contributed by atoms with Crippen molar-refractivity contribution in [2.45, 2.75) is 57.4 Å². The second-order valence-corrected chi connectivity index (χ2v) is 8.69. The van der Waals surface area contributed by atoms with E-state index in [0.29, 0.717) is 0 Å². The van der Waals surface area contributed by atoms with Gasteiger partial charge in [0.15, 0.2) is 0 Å². The predicted molar refractivity (Wildman–Crippen MR) is 144 cm³/mol. The van der Waals surface area contributed by atoms with Crippen molar-refractivity contribution in [3.05, 3.63) is 132 Å². The molecule has 0 spiro atoms. The molecule has 0 radical (unpaired) electrons. The molecule has 0 aromatic heterocycles. The molecule has 33 heavy (non-hydrogen) atoms. The minimum atomic E-state index is 0.0571. The number of rotatable bonds is 14. The summed E-state index contributed by atoms with van der Waals surface area (Å²) in [4.78, 5) is 5.35. The van der Waals surface area contributed by atoms with Gasteiger partial charge in [-0.1, -0.05) is 128 Å². The molecule has 0 amide bonds. The molecule has 3 aromatic carbocycles. The SMILES string of the molecule is C=CCCCCCCCC(=C)CC(N=C(c1ccccc1)c1ccccc1)c1ccccc1. The van der Waals surface area contributed by atoms with E-state index < -0.39 is 0 Å². The highest BCUT2D eigenvalue weighted by Gasteiger charge is 2.15. The van der Waals surface area contributed by atoms with Crippen LogP contribution in [0.1, 0.15) is 74.1 Å². The third-order valence-electron chi connectivity index (χ3n) is 5.98. The van der Waals surface area contributed by atoms with Crippen LogP contribution in [0.25, 0.3) is 0 Å². The van der Waals surface area contributed by atoms with Gasteiger partial charge in [0.05, 0.1) is 11.8 Å². The van der Waals surface area contributed by atoms with Crippen LogP contribution in [-0.4, -0.2) is 5.71 Å². The summed E-state index contributed by atoms with van der Waals surface area (Å²) in [5, 5.41) is 0. The van der Waals surface area contributed by atoms with E-state index >= 15 is 0 Å². The zero-order chi connectivity index (χ0) is 23.1. The fraction of sp³-hybridized carbons (Fsp3) is 0.281. The normalized spacial score (nSPS) is 11.5. The van der Waals surface area contributed by atoms with Crippen molar-refractivity contribution in [2.75, 3.05) is 0 Å². The summed E-state index contributed by atoms with van der Waals surface area (Å²) in [6.45, 7) is 8.24. The lowest BCUT2D eigenvalue weighted by Gasteiger charge is -2.18. The fourth-order valence-electron chi connectivity index (χ4n) is 4.15. The monoisotopic (exact) mass is 435 g/mol. The first-order valence-electron chi connectivity index (χ1n) is 12.3. The molecule has 0 saturated carbocycles. The lowest BCUT2D eigenvalue weighted by Crippen LogP contribution is -2.08. The van der Waals surface area contributed by atoms with Gasteiger partial charge in [-0.15, -0.1) is 6.58 Å². The Morgan fingerprint density at radius 3 is 1.79 bits per heavy atom. The molecule has 0 saturated heterocycles. The maximum atomic E-state index is 5.35. The predicted octanol–water partition coefficient (Wildman–Crippen LogP) is 9.13. The molecular formula is C32H37N. The Morgan fingerprint density at radius 1 is 0.697 bits per heavy atom. The van der Waals surface area contributed by atoms with E-state index in [0.717, 1.165) is 36.1 Å². The molecule has 1 nitrogen and oxygen atoms in total. The maximum absolute atomic E-state index is 5.35. The molecule has 1 heteroatoms. The first-order valence-corrected chi connectivity index (χ1v) is 12.3. The molecule has 170 valence electrons. The van der Waals surface area contributed by atoms with E-state index in [1.165, 1.54) is 43.2 Å². The van der Waals surface area contributed by atoms with Crippen molar-refractivity contribution < 1.29 is 0 Å². The molecule has 0 fully saturated rings. The van der Waals surface area contributed by atoms with E-state index in [-0.39, 0.29) is 6.04 Å². The Morgan fingerprint density at radius 2 is 1.21 bits per heavy atom. The van der Waals surface area contributed by atoms with Crippen LogP contribution < -0.4 is 0 Å². The molecule has 3 aromatic rings. The molecule has 1 unspecified atom stereocenters. The second-order valence-electron chi connectivity index (χ2n) is 8.69. The van der Waals surface area contributed by atoms with Crippen LogP contribution in [0, 0.1) is 0 Å². The van der Waals surface area contributed by atoms with Gasteiger partial charge in [-0.05, 0) is 37.7 Å². The van der Waals surface area contributed by atoms with Crippen LogP contribution in [0.5, 0.6) is 0 Å². The minimum Gasteiger partial charge on any atom is -0.276 e. The lowest BCUT2D eigenvalue weighted by atomic mass is 9.95. The van der Waals surface area contributed by atoms with Gasteiger partial charge in [-0.3, -0.25) is 4.99 Å². The number of hydrogen-bond donors (Lipinski definition) is 0. The highest BCUT2D eigenvalue weighted by Crippen LogP contribution is 2.29. The molecule has 0 aliphatic rings. The summed E-state index contributed by atoms with van der Waals surface area (Å²) in [6, 6.07) is 31.8. The average molecular weight is 436 g/mol. The van der Waals surface area contributed by atoms with Crippen molar-refractivity contribution in [2.24, 2.45) is 4.99 Å². The van der Waals surface area contributed by atoms with Gasteiger partial charge in [0.1, 0.15) is 0 Å². The smallest absolute Gasteiger partial charge is 0.0793 e. The molecule has 0 aliphatic carbocycles. The maximum Gasteiger partial charge on any atom is 0.0793 e. The minimum absolute atomic E-state index is 0.0571. The molecular weight excluding hydrogens is 398 g/mol. The van der Waals surface area contributed by atoms with E-state index in [9.17, 15) is 0 Å². The van der Waals surface area contributed by atoms with Gasteiger partial charge >= 0.3 is 0 Å². The number of allylic oxidation sites excluding steroid dienone is 1. The van der Waals surface area contributed by atoms with Gasteiger partial charge in [0.2, 0.25) is 0 Å². The van der Waals surface area contributed by atoms with Crippen LogP contribution in [0.3, 0.4) is 0 Å². The van der Waals surface area contributed by atoms with Crippen LogP contribution in [0.15, 0.2) is 121 Å². The van der Waals surface area contributed by atoms with E-state index in [2.05, 4.69) is 104 Å². The first-order chi connectivity index (χ1) is 16.3. The summed E-state index contributed by atoms with van der Waals surface area (Å²) in [7, 11) is 0. The average Bonchev–Trinajstić information content (AvgIpc) is 2.87. The van der Waals surface area contributed by atoms with Crippen LogP contribution in [-0.2, 0) is 0 Å². The molecule has 0 aliphatic heterocycles. The number of nitrogens with zero attached hydrogens (tertiary/aromatic N) is 1. The Bertz CT molecular complexity index is 945. The van der Waals surface area contributed by atoms with Crippen LogP contribution >= 0.6 is 0 Å². The quantitative estimate of drug-likeness (QED) is 0.136. The summed E-state index contributed by atoms with van der Waals surface area (Å²) < 4.78 is 0. The second kappa shape index (κ2) is 14.1. The third kappa shape index (κ3) is 8.35. The third-order valence-corrected chi connectivity index (χ3v) is 5.98. The standard InChI is InChI=1S/C32H37N/c1-3-4-5-6-7-8-12-19-27(2)26-31(28-20-13-9-14-21-28)33-32(29-22-15-10-16-23-29)30-24-17-11-18-25-30/h3,9-11,13-18,20-25,31H,1-2,4-8,12,19,26H2. The fourth-order valence-corrected chi connectivity index (χ4v) is 4.15. The molecule has 0 heterocycles. The van der Waals surface area contributed by atoms with E-state index in [1.807, 2.05) is 6.08 Å². The van der Waals surface area contributed by atoms with E-state index in [4.69, 9.17) is 4.99 Å². The van der Waals surface area contributed by atoms with Crippen LogP contribution in [0.4, 0.5) is 0 Å². The Balaban J connectivity index is 1.76. The highest BCUT2D eigenvalue weighted by atomic mass is 14.8. The van der Waals surface area contributed by atoms with Gasteiger partial charge in [0, 0.05) is 11.1 Å². The number of hydrogen-bond acceptors (Lipinski definition) is 1. The highest BCUT2D eigenvalue weighted by molar-refractivity contribution is 6.13. The molecule has 0 N–H and O–H groups in total. The zero-order valence-corrected chi connectivity index (χ0v) is 19.8. The summed E-state index contributed by atoms with van der Waals surface area (Å²) >= 11 is 0. The molecule has 1 atom stereocenters. The Kier molecular flexibility index (Phi) is 10.4. The zero-order valence-electron chi connectivity index (χ0n) is 19.8. The summed E-state index contributed by atoms with van der Waals surface area (Å²) in [5.41, 5.74) is 5.87. The van der Waals surface area contributed by atoms with Crippen molar-refractivity contribution in [3.63, 3.8) is 0 Å². The number of unbranched alkanes of at least 4 members (excludes halogenated alkanes) is 5. The number of benzene rings is 3. The van der Waals surface area contributed by atoms with Crippen molar-refractivity contribution >= 4 is 5.71 Å². The van der Waals surface area contributed by atoms with Gasteiger partial charge in [-0.2, -0.15) is 0 Å². The lowest BCUT2D eigenvalue weighted by molar-refractivity contribution is 0.602. The Hall–Kier alpha value is -3.19. The summed E-state index contributed by atoms with van der Waals surface area (Å²) in [5.74, 6) is 0. The van der Waals surface area contributed by atoms with Crippen molar-refractivity contribution in [3.8, 4) is 0 Å². The topological polar surface area (TPSA) is 12.4 Å². The molecule has 0 bridgehead atoms. The van der Waals surface area contributed by atoms with Crippen LogP contribution in [0.2, 0.25) is 0 Å². The molecule has 3 rings (SSSR count). The van der Waals surface area contributed by atoms with E-state index in [1.54, 1.807) is 0 Å². The Labute approximate surface area is 200 Å². The van der Waals surface area contributed by atoms with Crippen molar-refractivity contribution in [1.82, 2.24) is 0 Å². The van der Waals surface area contributed by atoms with Gasteiger partial charge in [-0.25, -0.2) is 0 Å². The largest absolute Gasteiger partial charge is 0.276 e. The number of aliphatic imine (C=N–C) groups is 1.